The minimum Gasteiger partial charge on any atom is -0.372 e. The number of aromatic nitrogens is 2. The van der Waals surface area contributed by atoms with Gasteiger partial charge in [0.25, 0.3) is 0 Å². The third-order valence-corrected chi connectivity index (χ3v) is 4.33. The van der Waals surface area contributed by atoms with Crippen LogP contribution in [0.15, 0.2) is 23.6 Å². The fourth-order valence-corrected chi connectivity index (χ4v) is 3.03. The van der Waals surface area contributed by atoms with Crippen molar-refractivity contribution in [3.05, 3.63) is 39.7 Å². The van der Waals surface area contributed by atoms with Gasteiger partial charge in [-0.15, -0.1) is 16.4 Å². The molecule has 2 aromatic rings. The Morgan fingerprint density at radius 1 is 1.50 bits per heavy atom. The van der Waals surface area contributed by atoms with Crippen LogP contribution in [-0.2, 0) is 24.2 Å². The van der Waals surface area contributed by atoms with Gasteiger partial charge in [-0.05, 0) is 23.1 Å². The molecule has 3 rings (SSSR count). The predicted molar refractivity (Wildman–Crippen MR) is 78.7 cm³/mol. The number of hydrogen-bond donors (Lipinski definition) is 1. The second-order valence-corrected chi connectivity index (χ2v) is 5.81. The molecule has 0 saturated carbocycles. The average Bonchev–Trinajstić information content (AvgIpc) is 2.99. The van der Waals surface area contributed by atoms with Crippen molar-refractivity contribution >= 4 is 23.1 Å². The number of carbonyl (C=O) groups excluding carboxylic acids is 1. The molecule has 1 amide bonds. The summed E-state index contributed by atoms with van der Waals surface area (Å²) in [5.41, 5.74) is 2.10. The number of thiophene rings is 1. The highest BCUT2D eigenvalue weighted by atomic mass is 32.1. The number of amides is 1. The van der Waals surface area contributed by atoms with Crippen molar-refractivity contribution in [2.45, 2.75) is 19.4 Å². The molecule has 0 aromatic carbocycles. The number of hydrogen-bond acceptors (Lipinski definition) is 5. The first-order valence-corrected chi connectivity index (χ1v) is 7.47. The third-order valence-electron chi connectivity index (χ3n) is 3.45. The second kappa shape index (κ2) is 5.58. The van der Waals surface area contributed by atoms with E-state index in [9.17, 15) is 4.79 Å². The number of fused-ring (bicyclic) bond motifs is 1. The van der Waals surface area contributed by atoms with Gasteiger partial charge >= 0.3 is 0 Å². The van der Waals surface area contributed by atoms with Gasteiger partial charge in [-0.1, -0.05) is 6.07 Å². The van der Waals surface area contributed by atoms with E-state index in [1.807, 2.05) is 35.5 Å². The van der Waals surface area contributed by atoms with Crippen LogP contribution in [0.4, 0.5) is 5.82 Å². The van der Waals surface area contributed by atoms with Gasteiger partial charge < -0.3 is 10.2 Å². The fraction of sp³-hybridized carbons (Fsp3) is 0.357. The van der Waals surface area contributed by atoms with E-state index in [0.29, 0.717) is 13.0 Å². The Bertz CT molecular complexity index is 612. The lowest BCUT2D eigenvalue weighted by molar-refractivity contribution is -0.131. The largest absolute Gasteiger partial charge is 0.372 e. The van der Waals surface area contributed by atoms with E-state index < -0.39 is 0 Å². The number of rotatable bonds is 3. The van der Waals surface area contributed by atoms with E-state index in [1.165, 1.54) is 0 Å². The second-order valence-electron chi connectivity index (χ2n) is 4.77. The van der Waals surface area contributed by atoms with Crippen molar-refractivity contribution < 1.29 is 4.79 Å². The molecule has 0 atom stereocenters. The highest BCUT2D eigenvalue weighted by molar-refractivity contribution is 7.10. The molecule has 0 unspecified atom stereocenters. The quantitative estimate of drug-likeness (QED) is 0.934. The molecular weight excluding hydrogens is 272 g/mol. The van der Waals surface area contributed by atoms with Crippen LogP contribution >= 0.6 is 11.3 Å². The van der Waals surface area contributed by atoms with Crippen LogP contribution < -0.4 is 5.32 Å². The Labute approximate surface area is 121 Å². The maximum atomic E-state index is 12.3. The molecule has 0 saturated heterocycles. The van der Waals surface area contributed by atoms with Gasteiger partial charge in [0.1, 0.15) is 5.82 Å². The predicted octanol–water partition coefficient (Wildman–Crippen LogP) is 1.71. The summed E-state index contributed by atoms with van der Waals surface area (Å²) < 4.78 is 0. The SMILES string of the molecule is CNc1cc2c(nn1)CCN(C(=O)Cc1cccs1)C2. The summed E-state index contributed by atoms with van der Waals surface area (Å²) in [5, 5.41) is 13.3. The first-order valence-electron chi connectivity index (χ1n) is 6.59. The Balaban J connectivity index is 1.72. The highest BCUT2D eigenvalue weighted by Gasteiger charge is 2.22. The lowest BCUT2D eigenvalue weighted by Gasteiger charge is -2.28. The standard InChI is InChI=1S/C14H16N4OS/c1-15-13-7-10-9-18(5-4-12(10)16-17-13)14(19)8-11-3-2-6-20-11/h2-3,6-7H,4-5,8-9H2,1H3,(H,15,17). The van der Waals surface area contributed by atoms with Gasteiger partial charge in [-0.2, -0.15) is 5.10 Å². The minimum absolute atomic E-state index is 0.181. The van der Waals surface area contributed by atoms with Crippen LogP contribution in [0, 0.1) is 0 Å². The van der Waals surface area contributed by atoms with E-state index in [0.717, 1.165) is 34.9 Å². The van der Waals surface area contributed by atoms with Crippen LogP contribution in [0.2, 0.25) is 0 Å². The van der Waals surface area contributed by atoms with E-state index >= 15 is 0 Å². The van der Waals surface area contributed by atoms with Crippen molar-refractivity contribution in [3.8, 4) is 0 Å². The molecule has 1 aliphatic rings. The van der Waals surface area contributed by atoms with Gasteiger partial charge in [0.2, 0.25) is 5.91 Å². The average molecular weight is 288 g/mol. The highest BCUT2D eigenvalue weighted by Crippen LogP contribution is 2.20. The summed E-state index contributed by atoms with van der Waals surface area (Å²) in [4.78, 5) is 15.3. The van der Waals surface area contributed by atoms with Crippen molar-refractivity contribution in [2.24, 2.45) is 0 Å². The van der Waals surface area contributed by atoms with Crippen molar-refractivity contribution in [1.29, 1.82) is 0 Å². The Kier molecular flexibility index (Phi) is 3.64. The molecule has 104 valence electrons. The van der Waals surface area contributed by atoms with Gasteiger partial charge in [0, 0.05) is 31.4 Å². The van der Waals surface area contributed by atoms with Crippen LogP contribution in [-0.4, -0.2) is 34.6 Å². The lowest BCUT2D eigenvalue weighted by atomic mass is 10.1. The van der Waals surface area contributed by atoms with Gasteiger partial charge in [-0.25, -0.2) is 0 Å². The number of nitrogens with one attached hydrogen (secondary N) is 1. The maximum Gasteiger partial charge on any atom is 0.228 e. The van der Waals surface area contributed by atoms with Crippen molar-refractivity contribution in [1.82, 2.24) is 15.1 Å². The molecule has 0 bridgehead atoms. The molecule has 5 nitrogen and oxygen atoms in total. The zero-order valence-electron chi connectivity index (χ0n) is 11.3. The lowest BCUT2D eigenvalue weighted by Crippen LogP contribution is -2.37. The summed E-state index contributed by atoms with van der Waals surface area (Å²) in [5.74, 6) is 0.928. The van der Waals surface area contributed by atoms with Crippen LogP contribution in [0.3, 0.4) is 0 Å². The zero-order valence-corrected chi connectivity index (χ0v) is 12.1. The van der Waals surface area contributed by atoms with Gasteiger partial charge in [0.15, 0.2) is 0 Å². The summed E-state index contributed by atoms with van der Waals surface area (Å²) in [6, 6.07) is 5.96. The summed E-state index contributed by atoms with van der Waals surface area (Å²) in [7, 11) is 1.82. The smallest absolute Gasteiger partial charge is 0.228 e. The molecule has 3 heterocycles. The number of carbonyl (C=O) groups is 1. The Morgan fingerprint density at radius 3 is 3.15 bits per heavy atom. The third kappa shape index (κ3) is 2.65. The molecule has 0 fully saturated rings. The summed E-state index contributed by atoms with van der Waals surface area (Å²) >= 11 is 1.63. The van der Waals surface area contributed by atoms with E-state index in [4.69, 9.17) is 0 Å². The van der Waals surface area contributed by atoms with Gasteiger partial charge in [-0.3, -0.25) is 4.79 Å². The molecule has 0 spiro atoms. The van der Waals surface area contributed by atoms with E-state index in [2.05, 4.69) is 15.5 Å². The number of nitrogens with zero attached hydrogens (tertiary/aromatic N) is 3. The minimum atomic E-state index is 0.181. The van der Waals surface area contributed by atoms with Gasteiger partial charge in [0.05, 0.1) is 12.1 Å². The van der Waals surface area contributed by atoms with Crippen LogP contribution in [0.25, 0.3) is 0 Å². The molecule has 20 heavy (non-hydrogen) atoms. The molecule has 0 radical (unpaired) electrons. The zero-order chi connectivity index (χ0) is 13.9. The molecule has 2 aromatic heterocycles. The maximum absolute atomic E-state index is 12.3. The first kappa shape index (κ1) is 13.1. The molecule has 0 aliphatic carbocycles. The van der Waals surface area contributed by atoms with E-state index in [1.54, 1.807) is 11.3 Å². The monoisotopic (exact) mass is 288 g/mol. The van der Waals surface area contributed by atoms with Crippen molar-refractivity contribution in [3.63, 3.8) is 0 Å². The topological polar surface area (TPSA) is 58.1 Å². The van der Waals surface area contributed by atoms with Crippen LogP contribution in [0.5, 0.6) is 0 Å². The molecule has 1 N–H and O–H groups in total. The summed E-state index contributed by atoms with van der Waals surface area (Å²) in [6.45, 7) is 1.36. The van der Waals surface area contributed by atoms with Crippen molar-refractivity contribution in [2.75, 3.05) is 18.9 Å². The Hall–Kier alpha value is -1.95. The molecule has 6 heteroatoms. The molecule has 1 aliphatic heterocycles. The summed E-state index contributed by atoms with van der Waals surface area (Å²) in [6.07, 6.45) is 1.27. The Morgan fingerprint density at radius 2 is 2.40 bits per heavy atom. The number of anilines is 1. The fourth-order valence-electron chi connectivity index (χ4n) is 2.34. The first-order chi connectivity index (χ1) is 9.76. The van der Waals surface area contributed by atoms with E-state index in [-0.39, 0.29) is 5.91 Å². The van der Waals surface area contributed by atoms with Crippen LogP contribution in [0.1, 0.15) is 16.1 Å². The molecular formula is C14H16N4OS. The normalized spacial score (nSPS) is 13.9.